The number of benzene rings is 3. The summed E-state index contributed by atoms with van der Waals surface area (Å²) < 4.78 is 21.6. The Bertz CT molecular complexity index is 864. The van der Waals surface area contributed by atoms with E-state index in [9.17, 15) is 0 Å². The summed E-state index contributed by atoms with van der Waals surface area (Å²) >= 11 is 0. The van der Waals surface area contributed by atoms with Crippen LogP contribution in [0.3, 0.4) is 0 Å². The van der Waals surface area contributed by atoms with Crippen molar-refractivity contribution in [3.8, 4) is 11.5 Å². The number of rotatable bonds is 8. The van der Waals surface area contributed by atoms with E-state index in [0.29, 0.717) is 13.2 Å². The Labute approximate surface area is 164 Å². The lowest BCUT2D eigenvalue weighted by Gasteiger charge is -2.08. The van der Waals surface area contributed by atoms with E-state index in [1.54, 1.807) is 0 Å². The summed E-state index contributed by atoms with van der Waals surface area (Å²) in [7, 11) is 0. The molecule has 4 heteroatoms. The molecule has 5 rings (SSSR count). The van der Waals surface area contributed by atoms with Gasteiger partial charge < -0.3 is 18.9 Å². The molecule has 0 spiro atoms. The molecule has 0 bridgehead atoms. The van der Waals surface area contributed by atoms with Gasteiger partial charge in [-0.15, -0.1) is 0 Å². The van der Waals surface area contributed by atoms with E-state index < -0.39 is 0 Å². The third-order valence-corrected chi connectivity index (χ3v) is 4.78. The van der Waals surface area contributed by atoms with Gasteiger partial charge in [0.1, 0.15) is 24.7 Å². The summed E-state index contributed by atoms with van der Waals surface area (Å²) in [6, 6.07) is 25.2. The molecular weight excluding hydrogens is 352 g/mol. The van der Waals surface area contributed by atoms with E-state index in [2.05, 4.69) is 48.5 Å². The zero-order chi connectivity index (χ0) is 18.8. The number of ether oxygens (including phenoxy) is 4. The third-order valence-electron chi connectivity index (χ3n) is 4.78. The quantitative estimate of drug-likeness (QED) is 0.550. The fourth-order valence-corrected chi connectivity index (χ4v) is 3.22. The van der Waals surface area contributed by atoms with Gasteiger partial charge in [0.05, 0.1) is 0 Å². The van der Waals surface area contributed by atoms with Crippen LogP contribution < -0.4 is 9.47 Å². The molecule has 2 aliphatic rings. The average molecular weight is 374 g/mol. The predicted molar refractivity (Wildman–Crippen MR) is 106 cm³/mol. The maximum atomic E-state index is 5.69. The second-order valence-electron chi connectivity index (χ2n) is 7.23. The normalized spacial score (nSPS) is 19.9. The lowest BCUT2D eigenvalue weighted by atomic mass is 10.00. The summed E-state index contributed by atoms with van der Waals surface area (Å²) in [5.41, 5.74) is 5.04. The minimum atomic E-state index is -0.0600. The zero-order valence-corrected chi connectivity index (χ0v) is 15.5. The molecule has 142 valence electrons. The van der Waals surface area contributed by atoms with Gasteiger partial charge in [-0.05, 0) is 59.4 Å². The van der Waals surface area contributed by atoms with Crippen molar-refractivity contribution in [2.45, 2.75) is 25.4 Å². The molecule has 0 saturated carbocycles. The molecular formula is C24H22O4. The van der Waals surface area contributed by atoms with Gasteiger partial charge in [0, 0.05) is 0 Å². The molecule has 2 fully saturated rings. The van der Waals surface area contributed by atoms with Gasteiger partial charge in [-0.3, -0.25) is 0 Å². The number of epoxide rings is 2. The van der Waals surface area contributed by atoms with Crippen LogP contribution in [0.5, 0.6) is 11.5 Å². The van der Waals surface area contributed by atoms with Crippen molar-refractivity contribution in [3.63, 3.8) is 0 Å². The smallest absolute Gasteiger partial charge is 0.223 e. The van der Waals surface area contributed by atoms with Crippen LogP contribution in [0.25, 0.3) is 0 Å². The highest BCUT2D eigenvalue weighted by Gasteiger charge is 2.25. The van der Waals surface area contributed by atoms with Crippen molar-refractivity contribution in [2.24, 2.45) is 0 Å². The Balaban J connectivity index is 1.22. The number of hydrogen-bond donors (Lipinski definition) is 0. The first-order valence-corrected chi connectivity index (χ1v) is 9.62. The Hall–Kier alpha value is -2.82. The molecule has 3 aromatic rings. The van der Waals surface area contributed by atoms with Crippen LogP contribution in [0.1, 0.15) is 22.3 Å². The van der Waals surface area contributed by atoms with Crippen molar-refractivity contribution in [1.82, 2.24) is 0 Å². The van der Waals surface area contributed by atoms with Gasteiger partial charge >= 0.3 is 0 Å². The van der Waals surface area contributed by atoms with E-state index in [4.69, 9.17) is 18.9 Å². The van der Waals surface area contributed by atoms with Crippen LogP contribution in [-0.4, -0.2) is 25.8 Å². The Morgan fingerprint density at radius 2 is 1.04 bits per heavy atom. The fraction of sp³-hybridized carbons (Fsp3) is 0.250. The molecule has 2 atom stereocenters. The lowest BCUT2D eigenvalue weighted by Crippen LogP contribution is -1.99. The molecule has 28 heavy (non-hydrogen) atoms. The molecule has 2 unspecified atom stereocenters. The van der Waals surface area contributed by atoms with E-state index in [1.807, 2.05) is 24.3 Å². The molecule has 3 aromatic carbocycles. The van der Waals surface area contributed by atoms with Gasteiger partial charge in [0.15, 0.2) is 0 Å². The zero-order valence-electron chi connectivity index (χ0n) is 15.5. The summed E-state index contributed by atoms with van der Waals surface area (Å²) in [4.78, 5) is 0. The van der Waals surface area contributed by atoms with Crippen LogP contribution in [0.4, 0.5) is 0 Å². The fourth-order valence-electron chi connectivity index (χ4n) is 3.22. The minimum Gasteiger partial charge on any atom is -0.462 e. The van der Waals surface area contributed by atoms with E-state index in [-0.39, 0.29) is 12.6 Å². The predicted octanol–water partition coefficient (Wildman–Crippen LogP) is 4.34. The van der Waals surface area contributed by atoms with E-state index >= 15 is 0 Å². The minimum absolute atomic E-state index is 0.0600. The highest BCUT2D eigenvalue weighted by Crippen LogP contribution is 2.23. The van der Waals surface area contributed by atoms with Crippen LogP contribution in [-0.2, 0) is 22.3 Å². The molecule has 2 aliphatic heterocycles. The van der Waals surface area contributed by atoms with Crippen molar-refractivity contribution in [2.75, 3.05) is 13.2 Å². The molecule has 4 nitrogen and oxygen atoms in total. The van der Waals surface area contributed by atoms with E-state index in [1.165, 1.54) is 22.3 Å². The standard InChI is InChI=1S/C24H22O4/c1-3-19(13-21(5-1)27-23-15-25-23)11-17-7-9-18(10-8-17)12-20-4-2-6-22(14-20)28-24-16-26-24/h1-10,13-14,23-24H,11-12,15-16H2. The molecule has 0 aromatic heterocycles. The SMILES string of the molecule is c1cc(Cc2ccc(Cc3cccc(OC4CO4)c3)cc2)cc(OC2CO2)c1. The second kappa shape index (κ2) is 7.66. The number of hydrogen-bond acceptors (Lipinski definition) is 4. The molecule has 0 N–H and O–H groups in total. The van der Waals surface area contributed by atoms with Crippen molar-refractivity contribution >= 4 is 0 Å². The van der Waals surface area contributed by atoms with Gasteiger partial charge in [0.2, 0.25) is 12.6 Å². The lowest BCUT2D eigenvalue weighted by molar-refractivity contribution is 0.179. The van der Waals surface area contributed by atoms with Crippen LogP contribution in [0.15, 0.2) is 72.8 Å². The molecule has 2 heterocycles. The van der Waals surface area contributed by atoms with Crippen LogP contribution >= 0.6 is 0 Å². The molecule has 2 saturated heterocycles. The summed E-state index contributed by atoms with van der Waals surface area (Å²) in [5, 5.41) is 0. The van der Waals surface area contributed by atoms with Crippen molar-refractivity contribution in [1.29, 1.82) is 0 Å². The largest absolute Gasteiger partial charge is 0.462 e. The first-order chi connectivity index (χ1) is 13.8. The van der Waals surface area contributed by atoms with Crippen molar-refractivity contribution < 1.29 is 18.9 Å². The highest BCUT2D eigenvalue weighted by molar-refractivity contribution is 5.36. The first-order valence-electron chi connectivity index (χ1n) is 9.62. The van der Waals surface area contributed by atoms with Crippen LogP contribution in [0, 0.1) is 0 Å². The molecule has 0 amide bonds. The summed E-state index contributed by atoms with van der Waals surface area (Å²) in [6.45, 7) is 1.38. The maximum absolute atomic E-state index is 5.69. The molecule has 0 radical (unpaired) electrons. The third kappa shape index (κ3) is 4.71. The Kier molecular flexibility index (Phi) is 4.73. The second-order valence-corrected chi connectivity index (χ2v) is 7.23. The Morgan fingerprint density at radius 1 is 0.607 bits per heavy atom. The van der Waals surface area contributed by atoms with Crippen molar-refractivity contribution in [3.05, 3.63) is 95.1 Å². The summed E-state index contributed by atoms with van der Waals surface area (Å²) in [6.07, 6.45) is 1.65. The average Bonchev–Trinajstić information content (AvgIpc) is 3.62. The molecule has 0 aliphatic carbocycles. The maximum Gasteiger partial charge on any atom is 0.223 e. The van der Waals surface area contributed by atoms with Gasteiger partial charge in [-0.2, -0.15) is 0 Å². The summed E-state index contributed by atoms with van der Waals surface area (Å²) in [5.74, 6) is 1.74. The van der Waals surface area contributed by atoms with Crippen LogP contribution in [0.2, 0.25) is 0 Å². The monoisotopic (exact) mass is 374 g/mol. The van der Waals surface area contributed by atoms with E-state index in [0.717, 1.165) is 24.3 Å². The van der Waals surface area contributed by atoms with Gasteiger partial charge in [-0.1, -0.05) is 48.5 Å². The van der Waals surface area contributed by atoms with Gasteiger partial charge in [-0.25, -0.2) is 0 Å². The first kappa shape index (κ1) is 17.3. The highest BCUT2D eigenvalue weighted by atomic mass is 16.8. The Morgan fingerprint density at radius 3 is 1.43 bits per heavy atom. The van der Waals surface area contributed by atoms with Gasteiger partial charge in [0.25, 0.3) is 0 Å². The topological polar surface area (TPSA) is 43.5 Å².